The molecule has 0 unspecified atom stereocenters. The Morgan fingerprint density at radius 3 is 2.47 bits per heavy atom. The Hall–Kier alpha value is -3.19. The number of rotatable bonds is 9. The second-order valence-corrected chi connectivity index (χ2v) is 8.66. The molecule has 0 aliphatic carbocycles. The minimum Gasteiger partial charge on any atom is -0.350 e. The fourth-order valence-corrected chi connectivity index (χ4v) is 3.49. The number of nitrogens with one attached hydrogen (secondary N) is 3. The van der Waals surface area contributed by atoms with E-state index in [0.717, 1.165) is 27.7 Å². The van der Waals surface area contributed by atoms with Gasteiger partial charge in [0.1, 0.15) is 11.7 Å². The predicted molar refractivity (Wildman–Crippen MR) is 127 cm³/mol. The third kappa shape index (κ3) is 5.95. The molecular weight excluding hydrogens is 402 g/mol. The summed E-state index contributed by atoms with van der Waals surface area (Å²) >= 11 is 0. The van der Waals surface area contributed by atoms with Crippen LogP contribution >= 0.6 is 0 Å². The molecule has 3 N–H and O–H groups in total. The summed E-state index contributed by atoms with van der Waals surface area (Å²) in [5.74, 6) is -0.378. The highest BCUT2D eigenvalue weighted by atomic mass is 16.2. The third-order valence-electron chi connectivity index (χ3n) is 5.92. The fourth-order valence-electron chi connectivity index (χ4n) is 3.49. The normalized spacial score (nSPS) is 13.3. The van der Waals surface area contributed by atoms with E-state index >= 15 is 0 Å². The van der Waals surface area contributed by atoms with Crippen LogP contribution in [0.25, 0.3) is 11.0 Å². The van der Waals surface area contributed by atoms with E-state index in [1.165, 1.54) is 0 Å². The van der Waals surface area contributed by atoms with Crippen molar-refractivity contribution >= 4 is 22.8 Å². The van der Waals surface area contributed by atoms with Gasteiger partial charge >= 0.3 is 0 Å². The molecule has 0 saturated heterocycles. The van der Waals surface area contributed by atoms with E-state index in [0.29, 0.717) is 13.0 Å². The molecular formula is C25H33N5O2. The van der Waals surface area contributed by atoms with Crippen molar-refractivity contribution in [1.29, 1.82) is 0 Å². The van der Waals surface area contributed by atoms with Gasteiger partial charge < -0.3 is 15.6 Å². The van der Waals surface area contributed by atoms with Gasteiger partial charge in [0, 0.05) is 36.8 Å². The lowest BCUT2D eigenvalue weighted by molar-refractivity contribution is -0.131. The molecule has 0 bridgehead atoms. The summed E-state index contributed by atoms with van der Waals surface area (Å²) in [6.07, 6.45) is 4.00. The Labute approximate surface area is 189 Å². The van der Waals surface area contributed by atoms with E-state index in [9.17, 15) is 9.59 Å². The largest absolute Gasteiger partial charge is 0.350 e. The predicted octanol–water partition coefficient (Wildman–Crippen LogP) is 2.94. The highest BCUT2D eigenvalue weighted by Crippen LogP contribution is 2.12. The number of pyridine rings is 1. The number of aromatic nitrogens is 2. The minimum absolute atomic E-state index is 0.163. The number of aromatic amines is 1. The van der Waals surface area contributed by atoms with Gasteiger partial charge in [0.15, 0.2) is 0 Å². The van der Waals surface area contributed by atoms with E-state index in [1.807, 2.05) is 82.2 Å². The Morgan fingerprint density at radius 1 is 1.06 bits per heavy atom. The van der Waals surface area contributed by atoms with Gasteiger partial charge in [0.25, 0.3) is 0 Å². The summed E-state index contributed by atoms with van der Waals surface area (Å²) < 4.78 is 0. The maximum atomic E-state index is 13.1. The molecule has 7 nitrogen and oxygen atoms in total. The van der Waals surface area contributed by atoms with Crippen LogP contribution in [0.4, 0.5) is 0 Å². The van der Waals surface area contributed by atoms with E-state index < -0.39 is 6.04 Å². The molecule has 2 heterocycles. The molecule has 7 heteroatoms. The van der Waals surface area contributed by atoms with E-state index in [2.05, 4.69) is 20.6 Å². The number of carbonyl (C=O) groups is 2. The van der Waals surface area contributed by atoms with Crippen molar-refractivity contribution in [2.45, 2.75) is 58.8 Å². The molecule has 0 aliphatic heterocycles. The molecule has 3 rings (SSSR count). The molecule has 0 fully saturated rings. The number of benzene rings is 1. The van der Waals surface area contributed by atoms with E-state index in [1.54, 1.807) is 6.20 Å². The van der Waals surface area contributed by atoms with Crippen LogP contribution in [-0.2, 0) is 22.6 Å². The fraction of sp³-hybridized carbons (Fsp3) is 0.400. The first-order chi connectivity index (χ1) is 15.2. The summed E-state index contributed by atoms with van der Waals surface area (Å²) in [7, 11) is 1.91. The number of nitrogens with zero attached hydrogens (tertiary/aromatic N) is 2. The second kappa shape index (κ2) is 10.4. The number of likely N-dealkylation sites (N-methyl/N-ethyl adjacent to an activating group) is 1. The van der Waals surface area contributed by atoms with Crippen LogP contribution in [0, 0.1) is 6.92 Å². The summed E-state index contributed by atoms with van der Waals surface area (Å²) in [5, 5.41) is 6.92. The minimum atomic E-state index is -0.669. The smallest absolute Gasteiger partial charge is 0.243 e. The molecule has 170 valence electrons. The average molecular weight is 436 g/mol. The molecule has 0 spiro atoms. The number of H-pyrrole nitrogens is 1. The highest BCUT2D eigenvalue weighted by Gasteiger charge is 2.26. The topological polar surface area (TPSA) is 90.1 Å². The van der Waals surface area contributed by atoms with Gasteiger partial charge in [-0.1, -0.05) is 29.8 Å². The SMILES string of the molecule is Cc1ccc(C[C@H](NC(=O)[C@H](C)N(C)C(C)C)C(=O)NCc2cnc3[nH]ccc3c2)cc1. The van der Waals surface area contributed by atoms with Crippen LogP contribution in [0.5, 0.6) is 0 Å². The summed E-state index contributed by atoms with van der Waals surface area (Å²) in [5.41, 5.74) is 3.86. The lowest BCUT2D eigenvalue weighted by atomic mass is 10.0. The Morgan fingerprint density at radius 2 is 1.78 bits per heavy atom. The van der Waals surface area contributed by atoms with Gasteiger partial charge in [0.05, 0.1) is 6.04 Å². The van der Waals surface area contributed by atoms with Crippen molar-refractivity contribution in [2.24, 2.45) is 0 Å². The standard InChI is InChI=1S/C25H33N5O2/c1-16(2)30(5)18(4)24(31)29-22(13-19-8-6-17(3)7-9-19)25(32)28-15-20-12-21-10-11-26-23(21)27-14-20/h6-12,14,16,18,22H,13,15H2,1-5H3,(H,26,27)(H,28,32)(H,29,31)/t18-,22-/m0/s1. The molecule has 0 radical (unpaired) electrons. The van der Waals surface area contributed by atoms with Crippen molar-refractivity contribution in [2.75, 3.05) is 7.05 Å². The number of fused-ring (bicyclic) bond motifs is 1. The lowest BCUT2D eigenvalue weighted by Gasteiger charge is -2.29. The van der Waals surface area contributed by atoms with Crippen LogP contribution in [0.2, 0.25) is 0 Å². The number of carbonyl (C=O) groups excluding carboxylic acids is 2. The Kier molecular flexibility index (Phi) is 7.64. The molecule has 1 aromatic carbocycles. The molecule has 2 atom stereocenters. The number of hydrogen-bond donors (Lipinski definition) is 3. The van der Waals surface area contributed by atoms with Crippen LogP contribution < -0.4 is 10.6 Å². The molecule has 32 heavy (non-hydrogen) atoms. The zero-order valence-corrected chi connectivity index (χ0v) is 19.5. The van der Waals surface area contributed by atoms with Crippen LogP contribution in [0.3, 0.4) is 0 Å². The van der Waals surface area contributed by atoms with E-state index in [-0.39, 0.29) is 23.9 Å². The monoisotopic (exact) mass is 435 g/mol. The zero-order valence-electron chi connectivity index (χ0n) is 19.5. The summed E-state index contributed by atoms with van der Waals surface area (Å²) in [6, 6.07) is 11.2. The molecule has 0 saturated carbocycles. The summed E-state index contributed by atoms with van der Waals surface area (Å²) in [6.45, 7) is 8.29. The average Bonchev–Trinajstić information content (AvgIpc) is 3.25. The van der Waals surface area contributed by atoms with Crippen molar-refractivity contribution in [3.05, 3.63) is 65.5 Å². The van der Waals surface area contributed by atoms with Crippen LogP contribution in [0.15, 0.2) is 48.8 Å². The van der Waals surface area contributed by atoms with Crippen LogP contribution in [-0.4, -0.2) is 51.9 Å². The second-order valence-electron chi connectivity index (χ2n) is 8.66. The Balaban J connectivity index is 1.71. The first-order valence-electron chi connectivity index (χ1n) is 11.0. The zero-order chi connectivity index (χ0) is 23.3. The quantitative estimate of drug-likeness (QED) is 0.482. The first-order valence-corrected chi connectivity index (χ1v) is 11.0. The van der Waals surface area contributed by atoms with E-state index in [4.69, 9.17) is 0 Å². The van der Waals surface area contributed by atoms with Gasteiger partial charge in [0.2, 0.25) is 11.8 Å². The number of hydrogen-bond acceptors (Lipinski definition) is 4. The van der Waals surface area contributed by atoms with Gasteiger partial charge in [-0.05, 0) is 58.0 Å². The van der Waals surface area contributed by atoms with Gasteiger partial charge in [-0.2, -0.15) is 0 Å². The number of amides is 2. The molecule has 2 aromatic heterocycles. The van der Waals surface area contributed by atoms with Crippen molar-refractivity contribution < 1.29 is 9.59 Å². The third-order valence-corrected chi connectivity index (χ3v) is 5.92. The maximum absolute atomic E-state index is 13.1. The van der Waals surface area contributed by atoms with Crippen molar-refractivity contribution in [3.8, 4) is 0 Å². The number of aryl methyl sites for hydroxylation is 1. The van der Waals surface area contributed by atoms with Crippen molar-refractivity contribution in [3.63, 3.8) is 0 Å². The van der Waals surface area contributed by atoms with Gasteiger partial charge in [-0.15, -0.1) is 0 Å². The maximum Gasteiger partial charge on any atom is 0.243 e. The molecule has 3 aromatic rings. The summed E-state index contributed by atoms with van der Waals surface area (Å²) in [4.78, 5) is 35.4. The van der Waals surface area contributed by atoms with Gasteiger partial charge in [-0.3, -0.25) is 14.5 Å². The lowest BCUT2D eigenvalue weighted by Crippen LogP contribution is -2.53. The van der Waals surface area contributed by atoms with Crippen LogP contribution in [0.1, 0.15) is 37.5 Å². The van der Waals surface area contributed by atoms with Gasteiger partial charge in [-0.25, -0.2) is 4.98 Å². The Bertz CT molecular complexity index is 1060. The molecule has 2 amide bonds. The highest BCUT2D eigenvalue weighted by molar-refractivity contribution is 5.90. The molecule has 0 aliphatic rings. The van der Waals surface area contributed by atoms with Crippen molar-refractivity contribution in [1.82, 2.24) is 25.5 Å². The first kappa shape index (κ1) is 23.5.